The molecule has 1 N–H and O–H groups in total. The number of pyridine rings is 1. The van der Waals surface area contributed by atoms with Crippen LogP contribution < -0.4 is 4.90 Å². The van der Waals surface area contributed by atoms with E-state index in [-0.39, 0.29) is 11.8 Å². The molecule has 0 aliphatic carbocycles. The first-order valence-electron chi connectivity index (χ1n) is 9.06. The van der Waals surface area contributed by atoms with E-state index in [4.69, 9.17) is 14.8 Å². The molecule has 1 fully saturated rings. The molecule has 6 heteroatoms. The largest absolute Gasteiger partial charge is 0.508 e. The number of nitrogens with zero attached hydrogens (tertiary/aromatic N) is 4. The van der Waals surface area contributed by atoms with Gasteiger partial charge in [0.25, 0.3) is 0 Å². The zero-order chi connectivity index (χ0) is 18.3. The molecule has 2 aromatic heterocycles. The van der Waals surface area contributed by atoms with Gasteiger partial charge in [0.05, 0.1) is 35.7 Å². The summed E-state index contributed by atoms with van der Waals surface area (Å²) in [5.41, 5.74) is 4.93. The summed E-state index contributed by atoms with van der Waals surface area (Å²) in [7, 11) is 0. The number of phenols is 1. The number of hydrogen-bond donors (Lipinski definition) is 1. The van der Waals surface area contributed by atoms with Crippen molar-refractivity contribution < 1.29 is 9.84 Å². The molecule has 0 bridgehead atoms. The lowest BCUT2D eigenvalue weighted by molar-refractivity contribution is 0.123. The third kappa shape index (κ3) is 2.90. The Labute approximate surface area is 153 Å². The summed E-state index contributed by atoms with van der Waals surface area (Å²) in [4.78, 5) is 7.29. The van der Waals surface area contributed by atoms with E-state index in [9.17, 15) is 5.11 Å². The van der Waals surface area contributed by atoms with Gasteiger partial charge in [0.1, 0.15) is 5.75 Å². The van der Waals surface area contributed by atoms with Gasteiger partial charge in [-0.1, -0.05) is 0 Å². The van der Waals surface area contributed by atoms with Crippen molar-refractivity contribution >= 4 is 16.7 Å². The number of rotatable bonds is 3. The molecule has 3 aromatic rings. The highest BCUT2D eigenvalue weighted by Crippen LogP contribution is 2.34. The molecule has 136 valence electrons. The molecule has 1 saturated heterocycles. The zero-order valence-corrected chi connectivity index (χ0v) is 15.4. The van der Waals surface area contributed by atoms with E-state index in [0.29, 0.717) is 0 Å². The van der Waals surface area contributed by atoms with Crippen molar-refractivity contribution in [2.75, 3.05) is 31.2 Å². The molecule has 0 atom stereocenters. The van der Waals surface area contributed by atoms with Crippen LogP contribution in [0.5, 0.6) is 5.75 Å². The number of aromatic hydroxyl groups is 1. The van der Waals surface area contributed by atoms with Crippen molar-refractivity contribution in [2.24, 2.45) is 0 Å². The first-order valence-corrected chi connectivity index (χ1v) is 9.06. The Balaban J connectivity index is 1.95. The predicted octanol–water partition coefficient (Wildman–Crippen LogP) is 3.53. The SMILES string of the molecule is Cc1nn(C(C)C)c2nc(-c3ccc(O)cc3)cc(N3CCOCC3)c12. The van der Waals surface area contributed by atoms with E-state index in [1.165, 1.54) is 0 Å². The second-order valence-electron chi connectivity index (χ2n) is 7.00. The summed E-state index contributed by atoms with van der Waals surface area (Å²) in [5.74, 6) is 0.256. The number of aryl methyl sites for hydroxylation is 1. The fraction of sp³-hybridized carbons (Fsp3) is 0.400. The minimum absolute atomic E-state index is 0.228. The second kappa shape index (κ2) is 6.61. The minimum Gasteiger partial charge on any atom is -0.508 e. The highest BCUT2D eigenvalue weighted by Gasteiger charge is 2.22. The maximum atomic E-state index is 9.60. The van der Waals surface area contributed by atoms with Crippen LogP contribution in [0.3, 0.4) is 0 Å². The van der Waals surface area contributed by atoms with Gasteiger partial charge in [0.2, 0.25) is 0 Å². The van der Waals surface area contributed by atoms with E-state index >= 15 is 0 Å². The van der Waals surface area contributed by atoms with Crippen LogP contribution in [-0.2, 0) is 4.74 Å². The molecular weight excluding hydrogens is 328 g/mol. The maximum Gasteiger partial charge on any atom is 0.161 e. The Morgan fingerprint density at radius 1 is 1.12 bits per heavy atom. The molecule has 1 aromatic carbocycles. The molecule has 3 heterocycles. The zero-order valence-electron chi connectivity index (χ0n) is 15.4. The lowest BCUT2D eigenvalue weighted by Crippen LogP contribution is -2.36. The predicted molar refractivity (Wildman–Crippen MR) is 103 cm³/mol. The number of morpholine rings is 1. The van der Waals surface area contributed by atoms with E-state index in [0.717, 1.165) is 60.0 Å². The van der Waals surface area contributed by atoms with Crippen molar-refractivity contribution in [3.05, 3.63) is 36.0 Å². The number of fused-ring (bicyclic) bond motifs is 1. The first-order chi connectivity index (χ1) is 12.5. The first kappa shape index (κ1) is 16.8. The molecule has 1 aliphatic heterocycles. The van der Waals surface area contributed by atoms with Crippen molar-refractivity contribution in [3.8, 4) is 17.0 Å². The Morgan fingerprint density at radius 3 is 2.46 bits per heavy atom. The summed E-state index contributed by atoms with van der Waals surface area (Å²) in [6.45, 7) is 9.48. The molecule has 4 rings (SSSR count). The lowest BCUT2D eigenvalue weighted by Gasteiger charge is -2.29. The number of anilines is 1. The van der Waals surface area contributed by atoms with Crippen LogP contribution in [0.4, 0.5) is 5.69 Å². The van der Waals surface area contributed by atoms with E-state index in [2.05, 4.69) is 24.8 Å². The van der Waals surface area contributed by atoms with Crippen LogP contribution in [0.15, 0.2) is 30.3 Å². The number of ether oxygens (including phenoxy) is 1. The van der Waals surface area contributed by atoms with Gasteiger partial charge in [-0.2, -0.15) is 5.10 Å². The van der Waals surface area contributed by atoms with Gasteiger partial charge in [-0.25, -0.2) is 9.67 Å². The van der Waals surface area contributed by atoms with Crippen molar-refractivity contribution in [1.29, 1.82) is 0 Å². The van der Waals surface area contributed by atoms with Crippen LogP contribution in [-0.4, -0.2) is 46.2 Å². The smallest absolute Gasteiger partial charge is 0.161 e. The van der Waals surface area contributed by atoms with Gasteiger partial charge in [-0.05, 0) is 51.1 Å². The van der Waals surface area contributed by atoms with Crippen molar-refractivity contribution in [2.45, 2.75) is 26.8 Å². The normalized spacial score (nSPS) is 15.2. The number of phenolic OH excluding ortho intramolecular Hbond substituents is 1. The van der Waals surface area contributed by atoms with Crippen molar-refractivity contribution in [1.82, 2.24) is 14.8 Å². The van der Waals surface area contributed by atoms with Gasteiger partial charge in [0, 0.05) is 24.7 Å². The minimum atomic E-state index is 0.228. The molecule has 0 amide bonds. The second-order valence-corrected chi connectivity index (χ2v) is 7.00. The monoisotopic (exact) mass is 352 g/mol. The van der Waals surface area contributed by atoms with Gasteiger partial charge in [-0.15, -0.1) is 0 Å². The Bertz CT molecular complexity index is 925. The Kier molecular flexibility index (Phi) is 4.28. The molecule has 26 heavy (non-hydrogen) atoms. The van der Waals surface area contributed by atoms with E-state index in [1.54, 1.807) is 12.1 Å². The molecule has 0 radical (unpaired) electrons. The third-order valence-electron chi connectivity index (χ3n) is 4.82. The van der Waals surface area contributed by atoms with Crippen LogP contribution in [0.25, 0.3) is 22.3 Å². The molecular formula is C20H24N4O2. The molecule has 0 spiro atoms. The summed E-state index contributed by atoms with van der Waals surface area (Å²) >= 11 is 0. The van der Waals surface area contributed by atoms with Gasteiger partial charge >= 0.3 is 0 Å². The number of hydrogen-bond acceptors (Lipinski definition) is 5. The van der Waals surface area contributed by atoms with E-state index in [1.807, 2.05) is 23.7 Å². The molecule has 6 nitrogen and oxygen atoms in total. The summed E-state index contributed by atoms with van der Waals surface area (Å²) in [5, 5.41) is 15.5. The quantitative estimate of drug-likeness (QED) is 0.781. The maximum absolute atomic E-state index is 9.60. The van der Waals surface area contributed by atoms with Crippen LogP contribution in [0.1, 0.15) is 25.6 Å². The number of aromatic nitrogens is 3. The van der Waals surface area contributed by atoms with Crippen LogP contribution in [0.2, 0.25) is 0 Å². The van der Waals surface area contributed by atoms with Crippen LogP contribution >= 0.6 is 0 Å². The summed E-state index contributed by atoms with van der Waals surface area (Å²) < 4.78 is 7.53. The Morgan fingerprint density at radius 2 is 1.81 bits per heavy atom. The average molecular weight is 352 g/mol. The van der Waals surface area contributed by atoms with Crippen molar-refractivity contribution in [3.63, 3.8) is 0 Å². The standard InChI is InChI=1S/C20H24N4O2/c1-13(2)24-20-19(14(3)22-24)18(23-8-10-26-11-9-23)12-17(21-20)15-4-6-16(25)7-5-15/h4-7,12-13,25H,8-11H2,1-3H3. The third-order valence-corrected chi connectivity index (χ3v) is 4.82. The molecule has 1 aliphatic rings. The van der Waals surface area contributed by atoms with Gasteiger partial charge in [-0.3, -0.25) is 0 Å². The highest BCUT2D eigenvalue weighted by molar-refractivity contribution is 5.94. The lowest BCUT2D eigenvalue weighted by atomic mass is 10.1. The average Bonchev–Trinajstić information content (AvgIpc) is 2.99. The fourth-order valence-electron chi connectivity index (χ4n) is 3.48. The highest BCUT2D eigenvalue weighted by atomic mass is 16.5. The summed E-state index contributed by atoms with van der Waals surface area (Å²) in [6.07, 6.45) is 0. The number of benzene rings is 1. The topological polar surface area (TPSA) is 63.4 Å². The summed E-state index contributed by atoms with van der Waals surface area (Å²) in [6, 6.07) is 9.55. The molecule has 0 saturated carbocycles. The van der Waals surface area contributed by atoms with E-state index < -0.39 is 0 Å². The van der Waals surface area contributed by atoms with Gasteiger partial charge < -0.3 is 14.7 Å². The van der Waals surface area contributed by atoms with Gasteiger partial charge in [0.15, 0.2) is 5.65 Å². The Hall–Kier alpha value is -2.60. The molecule has 0 unspecified atom stereocenters. The fourth-order valence-corrected chi connectivity index (χ4v) is 3.48. The van der Waals surface area contributed by atoms with Crippen LogP contribution in [0, 0.1) is 6.92 Å².